The molecule has 0 aromatic heterocycles. The standard InChI is InChI=1S/C22H32N4O3S/c1-3-25(4-2)22(29)17-8-9-19-18(14-17)26(21(28)16-30-19)15-20(27)23-10-7-13-24-11-5-6-12-24/h8-9,14H,3-7,10-13,15-16H2,1-2H3,(H,23,27). The molecule has 30 heavy (non-hydrogen) atoms. The first-order valence-electron chi connectivity index (χ1n) is 10.9. The van der Waals surface area contributed by atoms with Crippen molar-refractivity contribution in [2.75, 3.05) is 56.5 Å². The first kappa shape index (κ1) is 22.6. The zero-order valence-electron chi connectivity index (χ0n) is 18.0. The molecule has 164 valence electrons. The summed E-state index contributed by atoms with van der Waals surface area (Å²) in [5.74, 6) is -0.0223. The van der Waals surface area contributed by atoms with E-state index in [0.29, 0.717) is 36.6 Å². The van der Waals surface area contributed by atoms with Crippen molar-refractivity contribution in [1.82, 2.24) is 15.1 Å². The third kappa shape index (κ3) is 5.55. The van der Waals surface area contributed by atoms with E-state index in [1.54, 1.807) is 17.0 Å². The molecule has 1 fully saturated rings. The van der Waals surface area contributed by atoms with Gasteiger partial charge >= 0.3 is 0 Å². The van der Waals surface area contributed by atoms with Crippen LogP contribution in [-0.2, 0) is 9.59 Å². The number of anilines is 1. The molecule has 0 aliphatic carbocycles. The van der Waals surface area contributed by atoms with Crippen molar-refractivity contribution in [3.63, 3.8) is 0 Å². The predicted molar refractivity (Wildman–Crippen MR) is 120 cm³/mol. The average Bonchev–Trinajstić information content (AvgIpc) is 3.27. The van der Waals surface area contributed by atoms with Crippen molar-refractivity contribution in [2.45, 2.75) is 38.0 Å². The molecule has 8 heteroatoms. The van der Waals surface area contributed by atoms with E-state index < -0.39 is 0 Å². The third-order valence-electron chi connectivity index (χ3n) is 5.67. The van der Waals surface area contributed by atoms with Gasteiger partial charge in [0.2, 0.25) is 11.8 Å². The molecular formula is C22H32N4O3S. The van der Waals surface area contributed by atoms with Gasteiger partial charge in [0.25, 0.3) is 5.91 Å². The molecule has 2 aliphatic heterocycles. The number of nitrogens with zero attached hydrogens (tertiary/aromatic N) is 3. The number of carbonyl (C=O) groups excluding carboxylic acids is 3. The first-order valence-corrected chi connectivity index (χ1v) is 11.9. The number of nitrogens with one attached hydrogen (secondary N) is 1. The van der Waals surface area contributed by atoms with E-state index in [9.17, 15) is 14.4 Å². The molecule has 7 nitrogen and oxygen atoms in total. The maximum Gasteiger partial charge on any atom is 0.253 e. The van der Waals surface area contributed by atoms with E-state index in [4.69, 9.17) is 0 Å². The van der Waals surface area contributed by atoms with E-state index in [1.165, 1.54) is 29.5 Å². The predicted octanol–water partition coefficient (Wildman–Crippen LogP) is 2.21. The topological polar surface area (TPSA) is 73.0 Å². The van der Waals surface area contributed by atoms with Gasteiger partial charge in [0, 0.05) is 30.1 Å². The molecule has 0 radical (unpaired) electrons. The smallest absolute Gasteiger partial charge is 0.253 e. The largest absolute Gasteiger partial charge is 0.355 e. The van der Waals surface area contributed by atoms with Gasteiger partial charge in [-0.1, -0.05) is 0 Å². The van der Waals surface area contributed by atoms with Gasteiger partial charge in [-0.15, -0.1) is 11.8 Å². The van der Waals surface area contributed by atoms with Gasteiger partial charge in [-0.25, -0.2) is 0 Å². The molecule has 0 unspecified atom stereocenters. The van der Waals surface area contributed by atoms with E-state index >= 15 is 0 Å². The Morgan fingerprint density at radius 3 is 2.60 bits per heavy atom. The van der Waals surface area contributed by atoms with Gasteiger partial charge < -0.3 is 20.0 Å². The number of likely N-dealkylation sites (tertiary alicyclic amines) is 1. The fourth-order valence-corrected chi connectivity index (χ4v) is 4.85. The lowest BCUT2D eigenvalue weighted by molar-refractivity contribution is -0.123. The summed E-state index contributed by atoms with van der Waals surface area (Å²) in [6.07, 6.45) is 3.44. The maximum absolute atomic E-state index is 12.7. The fraction of sp³-hybridized carbons (Fsp3) is 0.591. The molecule has 1 N–H and O–H groups in total. The summed E-state index contributed by atoms with van der Waals surface area (Å²) < 4.78 is 0. The lowest BCUT2D eigenvalue weighted by Crippen LogP contribution is -2.44. The Bertz CT molecular complexity index is 776. The minimum Gasteiger partial charge on any atom is -0.355 e. The summed E-state index contributed by atoms with van der Waals surface area (Å²) in [4.78, 5) is 44.4. The second-order valence-electron chi connectivity index (χ2n) is 7.68. The number of hydrogen-bond acceptors (Lipinski definition) is 5. The van der Waals surface area contributed by atoms with Crippen LogP contribution in [0.3, 0.4) is 0 Å². The average molecular weight is 433 g/mol. The molecule has 1 aromatic carbocycles. The summed E-state index contributed by atoms with van der Waals surface area (Å²) >= 11 is 1.45. The van der Waals surface area contributed by atoms with E-state index in [-0.39, 0.29) is 24.3 Å². The highest BCUT2D eigenvalue weighted by Gasteiger charge is 2.28. The van der Waals surface area contributed by atoms with E-state index in [2.05, 4.69) is 10.2 Å². The van der Waals surface area contributed by atoms with Crippen LogP contribution >= 0.6 is 11.8 Å². The van der Waals surface area contributed by atoms with Gasteiger partial charge in [-0.2, -0.15) is 0 Å². The normalized spacial score (nSPS) is 16.5. The van der Waals surface area contributed by atoms with Gasteiger partial charge in [0.15, 0.2) is 0 Å². The highest BCUT2D eigenvalue weighted by Crippen LogP contribution is 2.36. The Hall–Kier alpha value is -2.06. The van der Waals surface area contributed by atoms with Crippen molar-refractivity contribution in [1.29, 1.82) is 0 Å². The number of amides is 3. The number of fused-ring (bicyclic) bond motifs is 1. The lowest BCUT2D eigenvalue weighted by atomic mass is 10.1. The number of hydrogen-bond donors (Lipinski definition) is 1. The number of rotatable bonds is 9. The number of thioether (sulfide) groups is 1. The zero-order chi connectivity index (χ0) is 21.5. The number of benzene rings is 1. The van der Waals surface area contributed by atoms with Crippen LogP contribution in [0.15, 0.2) is 23.1 Å². The van der Waals surface area contributed by atoms with Crippen molar-refractivity contribution >= 4 is 35.2 Å². The minimum absolute atomic E-state index is 0.0149. The second-order valence-corrected chi connectivity index (χ2v) is 8.70. The highest BCUT2D eigenvalue weighted by atomic mass is 32.2. The Labute approximate surface area is 183 Å². The van der Waals surface area contributed by atoms with Crippen molar-refractivity contribution in [3.8, 4) is 0 Å². The van der Waals surface area contributed by atoms with Crippen molar-refractivity contribution < 1.29 is 14.4 Å². The second kappa shape index (κ2) is 10.8. The van der Waals surface area contributed by atoms with Crippen LogP contribution in [0, 0.1) is 0 Å². The molecule has 3 rings (SSSR count). The molecule has 0 saturated carbocycles. The Kier molecular flexibility index (Phi) is 8.16. The quantitative estimate of drug-likeness (QED) is 0.606. The van der Waals surface area contributed by atoms with Crippen molar-refractivity contribution in [2.24, 2.45) is 0 Å². The van der Waals surface area contributed by atoms with Gasteiger partial charge in [-0.05, 0) is 70.9 Å². The first-order chi connectivity index (χ1) is 14.5. The Morgan fingerprint density at radius 2 is 1.90 bits per heavy atom. The molecule has 3 amide bonds. The molecular weight excluding hydrogens is 400 g/mol. The Morgan fingerprint density at radius 1 is 1.17 bits per heavy atom. The van der Waals surface area contributed by atoms with Crippen LogP contribution in [0.25, 0.3) is 0 Å². The molecule has 1 aromatic rings. The molecule has 0 spiro atoms. The van der Waals surface area contributed by atoms with Gasteiger partial charge in [0.05, 0.1) is 11.4 Å². The summed E-state index contributed by atoms with van der Waals surface area (Å²) in [7, 11) is 0. The summed E-state index contributed by atoms with van der Waals surface area (Å²) in [5.41, 5.74) is 1.20. The van der Waals surface area contributed by atoms with Gasteiger partial charge in [0.1, 0.15) is 6.54 Å². The highest BCUT2D eigenvalue weighted by molar-refractivity contribution is 8.00. The van der Waals surface area contributed by atoms with Crippen LogP contribution in [0.1, 0.15) is 43.5 Å². The van der Waals surface area contributed by atoms with Crippen LogP contribution in [-0.4, -0.2) is 79.1 Å². The summed E-state index contributed by atoms with van der Waals surface area (Å²) in [6, 6.07) is 5.43. The monoisotopic (exact) mass is 432 g/mol. The Balaban J connectivity index is 1.62. The van der Waals surface area contributed by atoms with Crippen LogP contribution in [0.4, 0.5) is 5.69 Å². The molecule has 1 saturated heterocycles. The molecule has 2 aliphatic rings. The molecule has 2 heterocycles. The molecule has 0 bridgehead atoms. The zero-order valence-corrected chi connectivity index (χ0v) is 18.8. The summed E-state index contributed by atoms with van der Waals surface area (Å²) in [6.45, 7) is 9.04. The van der Waals surface area contributed by atoms with Crippen molar-refractivity contribution in [3.05, 3.63) is 23.8 Å². The lowest BCUT2D eigenvalue weighted by Gasteiger charge is -2.29. The summed E-state index contributed by atoms with van der Waals surface area (Å²) in [5, 5.41) is 2.94. The maximum atomic E-state index is 12.7. The number of carbonyl (C=O) groups is 3. The van der Waals surface area contributed by atoms with Crippen LogP contribution in [0.5, 0.6) is 0 Å². The third-order valence-corrected chi connectivity index (χ3v) is 6.72. The molecule has 0 atom stereocenters. The van der Waals surface area contributed by atoms with Crippen LogP contribution < -0.4 is 10.2 Å². The van der Waals surface area contributed by atoms with E-state index in [1.807, 2.05) is 19.9 Å². The fourth-order valence-electron chi connectivity index (χ4n) is 3.94. The SMILES string of the molecule is CCN(CC)C(=O)c1ccc2c(c1)N(CC(=O)NCCCN1CCCC1)C(=O)CS2. The van der Waals surface area contributed by atoms with Gasteiger partial charge in [-0.3, -0.25) is 14.4 Å². The van der Waals surface area contributed by atoms with Crippen LogP contribution in [0.2, 0.25) is 0 Å². The minimum atomic E-state index is -0.164. The van der Waals surface area contributed by atoms with E-state index in [0.717, 1.165) is 31.0 Å².